The second kappa shape index (κ2) is 6.26. The first-order valence-electron chi connectivity index (χ1n) is 10.7. The Morgan fingerprint density at radius 1 is 1.16 bits per heavy atom. The van der Waals surface area contributed by atoms with E-state index in [-0.39, 0.29) is 22.6 Å². The molecule has 164 valence electrons. The fourth-order valence-corrected chi connectivity index (χ4v) is 5.70. The van der Waals surface area contributed by atoms with Crippen molar-refractivity contribution in [3.05, 3.63) is 57.4 Å². The summed E-state index contributed by atoms with van der Waals surface area (Å²) in [6, 6.07) is 7.51. The van der Waals surface area contributed by atoms with E-state index in [1.807, 2.05) is 25.3 Å². The van der Waals surface area contributed by atoms with Crippen molar-refractivity contribution in [2.75, 3.05) is 10.6 Å². The molecule has 1 aliphatic carbocycles. The highest BCUT2D eigenvalue weighted by Crippen LogP contribution is 2.58. The average molecular weight is 449 g/mol. The summed E-state index contributed by atoms with van der Waals surface area (Å²) in [6.07, 6.45) is 2.73. The number of nitrogens with zero attached hydrogens (tertiary/aromatic N) is 2. The first-order valence-corrected chi connectivity index (χ1v) is 11.1. The van der Waals surface area contributed by atoms with Crippen molar-refractivity contribution in [3.63, 3.8) is 0 Å². The number of anilines is 2. The lowest BCUT2D eigenvalue weighted by Gasteiger charge is -2.43. The SMILES string of the molecule is CC1(C)CC(=O)C2=C(C1)Nc1c(c(C#N)cn1C(C)(C)C)[C@]21C(=O)Nc2ccc(Cl)cc21. The van der Waals surface area contributed by atoms with Gasteiger partial charge in [-0.05, 0) is 50.8 Å². The van der Waals surface area contributed by atoms with Crippen molar-refractivity contribution in [2.45, 2.75) is 58.4 Å². The fraction of sp³-hybridized carbons (Fsp3) is 0.400. The number of rotatable bonds is 0. The van der Waals surface area contributed by atoms with Gasteiger partial charge in [0.15, 0.2) is 5.78 Å². The second-order valence-corrected chi connectivity index (χ2v) is 11.2. The Morgan fingerprint density at radius 3 is 2.53 bits per heavy atom. The molecule has 3 aliphatic rings. The molecule has 0 fully saturated rings. The molecule has 1 atom stereocenters. The lowest BCUT2D eigenvalue weighted by molar-refractivity contribution is -0.123. The van der Waals surface area contributed by atoms with Gasteiger partial charge in [-0.1, -0.05) is 25.4 Å². The number of carbonyl (C=O) groups is 2. The zero-order chi connectivity index (χ0) is 23.2. The van der Waals surface area contributed by atoms with Gasteiger partial charge in [0.1, 0.15) is 17.3 Å². The number of Topliss-reactive ketones (excluding diaryl/α,β-unsaturated/α-hetero) is 1. The number of nitriles is 1. The van der Waals surface area contributed by atoms with E-state index < -0.39 is 5.41 Å². The van der Waals surface area contributed by atoms with E-state index in [0.717, 1.165) is 5.70 Å². The lowest BCUT2D eigenvalue weighted by Crippen LogP contribution is -2.48. The van der Waals surface area contributed by atoms with Crippen molar-refractivity contribution in [1.29, 1.82) is 5.26 Å². The fourth-order valence-electron chi connectivity index (χ4n) is 5.52. The van der Waals surface area contributed by atoms with Gasteiger partial charge in [-0.3, -0.25) is 9.59 Å². The van der Waals surface area contributed by atoms with Gasteiger partial charge in [0.25, 0.3) is 0 Å². The van der Waals surface area contributed by atoms with Crippen LogP contribution in [0.1, 0.15) is 64.2 Å². The minimum absolute atomic E-state index is 0.0789. The molecule has 1 spiro atoms. The van der Waals surface area contributed by atoms with Crippen LogP contribution >= 0.6 is 11.6 Å². The van der Waals surface area contributed by atoms with Gasteiger partial charge in [-0.25, -0.2) is 0 Å². The van der Waals surface area contributed by atoms with Crippen LogP contribution in [0, 0.1) is 16.7 Å². The third-order valence-corrected chi connectivity index (χ3v) is 6.95. The Hall–Kier alpha value is -3.04. The highest BCUT2D eigenvalue weighted by molar-refractivity contribution is 6.31. The first-order chi connectivity index (χ1) is 14.9. The maximum Gasteiger partial charge on any atom is 0.244 e. The minimum Gasteiger partial charge on any atom is -0.344 e. The largest absolute Gasteiger partial charge is 0.344 e. The van der Waals surface area contributed by atoms with Crippen LogP contribution in [-0.2, 0) is 20.5 Å². The summed E-state index contributed by atoms with van der Waals surface area (Å²) in [5.41, 5.74) is 1.31. The molecule has 3 heterocycles. The summed E-state index contributed by atoms with van der Waals surface area (Å²) in [4.78, 5) is 27.5. The van der Waals surface area contributed by atoms with Gasteiger partial charge in [0, 0.05) is 51.3 Å². The molecular formula is C25H25ClN4O2. The van der Waals surface area contributed by atoms with Crippen molar-refractivity contribution >= 4 is 34.8 Å². The normalized spacial score (nSPS) is 23.3. The molecule has 1 aromatic carbocycles. The summed E-state index contributed by atoms with van der Waals surface area (Å²) in [5, 5.41) is 17.0. The van der Waals surface area contributed by atoms with Crippen molar-refractivity contribution in [1.82, 2.24) is 4.57 Å². The molecule has 2 aliphatic heterocycles. The predicted molar refractivity (Wildman–Crippen MR) is 124 cm³/mol. The third-order valence-electron chi connectivity index (χ3n) is 6.72. The summed E-state index contributed by atoms with van der Waals surface area (Å²) < 4.78 is 1.99. The Labute approximate surface area is 192 Å². The van der Waals surface area contributed by atoms with Crippen LogP contribution in [0.15, 0.2) is 35.7 Å². The highest BCUT2D eigenvalue weighted by atomic mass is 35.5. The van der Waals surface area contributed by atoms with Crippen LogP contribution < -0.4 is 10.6 Å². The van der Waals surface area contributed by atoms with Crippen molar-refractivity contribution in [3.8, 4) is 6.07 Å². The Kier molecular flexibility index (Phi) is 4.08. The molecule has 5 rings (SSSR count). The molecule has 1 aromatic heterocycles. The van der Waals surface area contributed by atoms with Crippen molar-refractivity contribution in [2.24, 2.45) is 5.41 Å². The first kappa shape index (κ1) is 20.8. The van der Waals surface area contributed by atoms with E-state index >= 15 is 0 Å². The van der Waals surface area contributed by atoms with E-state index in [4.69, 9.17) is 11.6 Å². The van der Waals surface area contributed by atoms with E-state index in [1.54, 1.807) is 24.4 Å². The molecule has 2 N–H and O–H groups in total. The van der Waals surface area contributed by atoms with Gasteiger partial charge in [0.2, 0.25) is 5.91 Å². The van der Waals surface area contributed by atoms with Crippen LogP contribution in [0.5, 0.6) is 0 Å². The number of hydrogen-bond donors (Lipinski definition) is 2. The third kappa shape index (κ3) is 2.58. The number of ketones is 1. The number of nitrogens with one attached hydrogen (secondary N) is 2. The second-order valence-electron chi connectivity index (χ2n) is 10.7. The topological polar surface area (TPSA) is 86.9 Å². The monoisotopic (exact) mass is 448 g/mol. The molecule has 1 amide bonds. The van der Waals surface area contributed by atoms with Crippen LogP contribution in [0.3, 0.4) is 0 Å². The maximum absolute atomic E-state index is 13.9. The summed E-state index contributed by atoms with van der Waals surface area (Å²) in [6.45, 7) is 10.2. The molecule has 7 heteroatoms. The van der Waals surface area contributed by atoms with Gasteiger partial charge in [-0.15, -0.1) is 0 Å². The van der Waals surface area contributed by atoms with Gasteiger partial charge >= 0.3 is 0 Å². The molecule has 0 radical (unpaired) electrons. The van der Waals surface area contributed by atoms with Crippen LogP contribution in [0.2, 0.25) is 5.02 Å². The number of halogens is 1. The van der Waals surface area contributed by atoms with Crippen LogP contribution in [0.25, 0.3) is 0 Å². The standard InChI is InChI=1S/C25H25ClN4O2/c1-23(2,3)30-12-13(11-27)19-21(30)28-17-9-24(4,5)10-18(31)20(17)25(19)15-8-14(26)6-7-16(15)29-22(25)32/h6-8,12,28H,9-10H2,1-5H3,(H,29,32)/t25-/m0/s1. The molecule has 2 aromatic rings. The summed E-state index contributed by atoms with van der Waals surface area (Å²) in [5.74, 6) is 0.285. The maximum atomic E-state index is 13.9. The Bertz CT molecular complexity index is 1300. The number of carbonyl (C=O) groups excluding carboxylic acids is 2. The van der Waals surface area contributed by atoms with Gasteiger partial charge in [-0.2, -0.15) is 5.26 Å². The van der Waals surface area contributed by atoms with E-state index in [1.165, 1.54) is 0 Å². The number of amides is 1. The van der Waals surface area contributed by atoms with Crippen molar-refractivity contribution < 1.29 is 9.59 Å². The number of fused-ring (bicyclic) bond motifs is 5. The van der Waals surface area contributed by atoms with Crippen LogP contribution in [0.4, 0.5) is 11.5 Å². The lowest BCUT2D eigenvalue weighted by atomic mass is 9.61. The van der Waals surface area contributed by atoms with E-state index in [2.05, 4.69) is 30.6 Å². The van der Waals surface area contributed by atoms with Gasteiger partial charge < -0.3 is 15.2 Å². The predicted octanol–water partition coefficient (Wildman–Crippen LogP) is 5.08. The molecule has 6 nitrogen and oxygen atoms in total. The van der Waals surface area contributed by atoms with Gasteiger partial charge in [0.05, 0.1) is 5.56 Å². The number of hydrogen-bond acceptors (Lipinski definition) is 4. The highest BCUT2D eigenvalue weighted by Gasteiger charge is 2.60. The van der Waals surface area contributed by atoms with E-state index in [9.17, 15) is 14.9 Å². The minimum atomic E-state index is -1.41. The smallest absolute Gasteiger partial charge is 0.244 e. The number of benzene rings is 1. The molecule has 0 bridgehead atoms. The average Bonchev–Trinajstić information content (AvgIpc) is 3.17. The summed E-state index contributed by atoms with van der Waals surface area (Å²) in [7, 11) is 0. The molecule has 0 unspecified atom stereocenters. The molecule has 0 saturated heterocycles. The number of allylic oxidation sites excluding steroid dienone is 1. The zero-order valence-electron chi connectivity index (χ0n) is 18.8. The molecule has 0 saturated carbocycles. The quantitative estimate of drug-likeness (QED) is 0.588. The van der Waals surface area contributed by atoms with Crippen LogP contribution in [-0.4, -0.2) is 16.3 Å². The summed E-state index contributed by atoms with van der Waals surface area (Å²) >= 11 is 6.38. The van der Waals surface area contributed by atoms with E-state index in [0.29, 0.717) is 51.6 Å². The Morgan fingerprint density at radius 2 is 1.88 bits per heavy atom. The Balaban J connectivity index is 1.96. The number of aromatic nitrogens is 1. The zero-order valence-corrected chi connectivity index (χ0v) is 19.6. The molecular weight excluding hydrogens is 424 g/mol. The molecule has 32 heavy (non-hydrogen) atoms.